The molecule has 1 heterocycles. The number of hydrogen-bond donors (Lipinski definition) is 1. The molecule has 0 bridgehead atoms. The van der Waals surface area contributed by atoms with Crippen molar-refractivity contribution in [3.63, 3.8) is 0 Å². The van der Waals surface area contributed by atoms with Crippen LogP contribution in [0.4, 0.5) is 18.9 Å². The summed E-state index contributed by atoms with van der Waals surface area (Å²) in [4.78, 5) is 23.9. The number of halogens is 3. The van der Waals surface area contributed by atoms with Crippen molar-refractivity contribution in [1.82, 2.24) is 5.32 Å². The van der Waals surface area contributed by atoms with Crippen molar-refractivity contribution < 1.29 is 27.5 Å². The average Bonchev–Trinajstić information content (AvgIpc) is 3.45. The number of amides is 2. The SMILES string of the molecule is CN(C(=O)C(F)(F)F)c1ccc(C(=O)NCC2OC2c2ccccc2)cc1. The number of nitrogens with zero attached hydrogens (tertiary/aromatic N) is 1. The molecule has 2 unspecified atom stereocenters. The molecule has 2 atom stereocenters. The van der Waals surface area contributed by atoms with E-state index < -0.39 is 12.1 Å². The van der Waals surface area contributed by atoms with Crippen LogP contribution < -0.4 is 10.2 Å². The van der Waals surface area contributed by atoms with Crippen LogP contribution in [0.25, 0.3) is 0 Å². The zero-order valence-electron chi connectivity index (χ0n) is 14.4. The van der Waals surface area contributed by atoms with Crippen molar-refractivity contribution >= 4 is 17.5 Å². The third-order valence-corrected chi connectivity index (χ3v) is 4.24. The molecule has 27 heavy (non-hydrogen) atoms. The van der Waals surface area contributed by atoms with Gasteiger partial charge >= 0.3 is 12.1 Å². The van der Waals surface area contributed by atoms with E-state index in [0.717, 1.165) is 12.6 Å². The minimum absolute atomic E-state index is 0.0449. The van der Waals surface area contributed by atoms with Crippen molar-refractivity contribution in [2.24, 2.45) is 0 Å². The Kier molecular flexibility index (Phi) is 5.18. The van der Waals surface area contributed by atoms with Crippen LogP contribution in [0.2, 0.25) is 0 Å². The maximum absolute atomic E-state index is 12.5. The predicted octanol–water partition coefficient (Wildman–Crippen LogP) is 3.08. The molecule has 0 radical (unpaired) electrons. The summed E-state index contributed by atoms with van der Waals surface area (Å²) in [6.07, 6.45) is -5.10. The second kappa shape index (κ2) is 7.40. The van der Waals surface area contributed by atoms with E-state index in [1.165, 1.54) is 24.3 Å². The Morgan fingerprint density at radius 3 is 2.30 bits per heavy atom. The van der Waals surface area contributed by atoms with Crippen LogP contribution in [0.1, 0.15) is 22.0 Å². The molecule has 1 saturated heterocycles. The number of anilines is 1. The molecule has 1 fully saturated rings. The van der Waals surface area contributed by atoms with E-state index >= 15 is 0 Å². The van der Waals surface area contributed by atoms with Gasteiger partial charge in [0.1, 0.15) is 12.2 Å². The third-order valence-electron chi connectivity index (χ3n) is 4.24. The number of ether oxygens (including phenoxy) is 1. The van der Waals surface area contributed by atoms with Crippen molar-refractivity contribution in [1.29, 1.82) is 0 Å². The number of benzene rings is 2. The third kappa shape index (κ3) is 4.46. The molecule has 1 N–H and O–H groups in total. The van der Waals surface area contributed by atoms with E-state index in [9.17, 15) is 22.8 Å². The van der Waals surface area contributed by atoms with Gasteiger partial charge in [-0.2, -0.15) is 13.2 Å². The fourth-order valence-corrected chi connectivity index (χ4v) is 2.67. The Hall–Kier alpha value is -2.87. The van der Waals surface area contributed by atoms with E-state index in [1.54, 1.807) is 0 Å². The molecule has 1 aliphatic heterocycles. The molecule has 0 spiro atoms. The van der Waals surface area contributed by atoms with E-state index in [4.69, 9.17) is 4.74 Å². The zero-order chi connectivity index (χ0) is 19.6. The average molecular weight is 378 g/mol. The topological polar surface area (TPSA) is 61.9 Å². The highest BCUT2D eigenvalue weighted by atomic mass is 19.4. The highest BCUT2D eigenvalue weighted by Crippen LogP contribution is 2.37. The quantitative estimate of drug-likeness (QED) is 0.814. The van der Waals surface area contributed by atoms with Crippen molar-refractivity contribution in [3.05, 3.63) is 65.7 Å². The fraction of sp³-hybridized carbons (Fsp3) is 0.263. The van der Waals surface area contributed by atoms with Crippen LogP contribution in [-0.4, -0.2) is 37.7 Å². The van der Waals surface area contributed by atoms with Gasteiger partial charge in [0.05, 0.1) is 0 Å². The normalized spacial score (nSPS) is 18.7. The largest absolute Gasteiger partial charge is 0.471 e. The van der Waals surface area contributed by atoms with Gasteiger partial charge in [-0.1, -0.05) is 30.3 Å². The number of alkyl halides is 3. The van der Waals surface area contributed by atoms with Crippen LogP contribution in [0, 0.1) is 0 Å². The smallest absolute Gasteiger partial charge is 0.363 e. The second-order valence-corrected chi connectivity index (χ2v) is 6.12. The van der Waals surface area contributed by atoms with Gasteiger partial charge in [0, 0.05) is 24.8 Å². The summed E-state index contributed by atoms with van der Waals surface area (Å²) in [6.45, 7) is 0.326. The molecule has 1 aliphatic rings. The number of nitrogens with one attached hydrogen (secondary N) is 1. The Balaban J connectivity index is 1.53. The molecule has 2 amide bonds. The van der Waals surface area contributed by atoms with Crippen LogP contribution in [0.3, 0.4) is 0 Å². The lowest BCUT2D eigenvalue weighted by molar-refractivity contribution is -0.170. The first-order valence-electron chi connectivity index (χ1n) is 8.21. The molecule has 0 saturated carbocycles. The second-order valence-electron chi connectivity index (χ2n) is 6.12. The zero-order valence-corrected chi connectivity index (χ0v) is 14.4. The summed E-state index contributed by atoms with van der Waals surface area (Å²) in [5, 5.41) is 2.73. The van der Waals surface area contributed by atoms with Gasteiger partial charge in [-0.05, 0) is 29.8 Å². The minimum Gasteiger partial charge on any atom is -0.363 e. The molecule has 0 aliphatic carbocycles. The number of hydrogen-bond acceptors (Lipinski definition) is 3. The van der Waals surface area contributed by atoms with E-state index in [1.807, 2.05) is 30.3 Å². The van der Waals surface area contributed by atoms with Gasteiger partial charge in [0.2, 0.25) is 0 Å². The molecule has 8 heteroatoms. The monoisotopic (exact) mass is 378 g/mol. The van der Waals surface area contributed by atoms with Crippen LogP contribution in [0.15, 0.2) is 54.6 Å². The molecule has 142 valence electrons. The summed E-state index contributed by atoms with van der Waals surface area (Å²) in [5.74, 6) is -2.34. The van der Waals surface area contributed by atoms with Gasteiger partial charge in [-0.25, -0.2) is 0 Å². The molecular formula is C19H17F3N2O3. The number of carbonyl (C=O) groups is 2. The number of epoxide rings is 1. The highest BCUT2D eigenvalue weighted by molar-refractivity contribution is 5.98. The predicted molar refractivity (Wildman–Crippen MR) is 92.3 cm³/mol. The first-order valence-corrected chi connectivity index (χ1v) is 8.21. The summed E-state index contributed by atoms with van der Waals surface area (Å²) in [7, 11) is 1.03. The number of rotatable bonds is 5. The van der Waals surface area contributed by atoms with E-state index in [0.29, 0.717) is 11.4 Å². The lowest BCUT2D eigenvalue weighted by atomic mass is 10.1. The Labute approximate surface area is 153 Å². The van der Waals surface area contributed by atoms with Gasteiger partial charge in [-0.3, -0.25) is 9.59 Å². The first kappa shape index (κ1) is 18.9. The Morgan fingerprint density at radius 2 is 1.70 bits per heavy atom. The van der Waals surface area contributed by atoms with Gasteiger partial charge in [0.25, 0.3) is 5.91 Å². The van der Waals surface area contributed by atoms with Gasteiger partial charge in [-0.15, -0.1) is 0 Å². The summed E-state index contributed by atoms with van der Waals surface area (Å²) < 4.78 is 42.9. The van der Waals surface area contributed by atoms with Crippen molar-refractivity contribution in [2.75, 3.05) is 18.5 Å². The number of carbonyl (C=O) groups excluding carboxylic acids is 2. The van der Waals surface area contributed by atoms with Gasteiger partial charge < -0.3 is 15.0 Å². The molecule has 2 aromatic carbocycles. The molecule has 5 nitrogen and oxygen atoms in total. The van der Waals surface area contributed by atoms with Crippen LogP contribution in [0.5, 0.6) is 0 Å². The van der Waals surface area contributed by atoms with Crippen LogP contribution >= 0.6 is 0 Å². The summed E-state index contributed by atoms with van der Waals surface area (Å²) in [5.41, 5.74) is 1.37. The molecule has 0 aromatic heterocycles. The minimum atomic E-state index is -4.95. The standard InChI is InChI=1S/C19H17F3N2O3/c1-24(18(26)19(20,21)22)14-9-7-13(8-10-14)17(25)23-11-15-16(27-15)12-5-3-2-4-6-12/h2-10,15-16H,11H2,1H3,(H,23,25). The molecule has 2 aromatic rings. The van der Waals surface area contributed by atoms with Gasteiger partial charge in [0.15, 0.2) is 0 Å². The summed E-state index contributed by atoms with van der Waals surface area (Å²) >= 11 is 0. The summed E-state index contributed by atoms with van der Waals surface area (Å²) in [6, 6.07) is 14.9. The van der Waals surface area contributed by atoms with Crippen molar-refractivity contribution in [3.8, 4) is 0 Å². The molecule has 3 rings (SSSR count). The lowest BCUT2D eigenvalue weighted by Gasteiger charge is -2.18. The lowest BCUT2D eigenvalue weighted by Crippen LogP contribution is -2.38. The maximum Gasteiger partial charge on any atom is 0.471 e. The van der Waals surface area contributed by atoms with E-state index in [2.05, 4.69) is 5.32 Å². The molecular weight excluding hydrogens is 361 g/mol. The first-order chi connectivity index (χ1) is 12.8. The van der Waals surface area contributed by atoms with E-state index in [-0.39, 0.29) is 29.4 Å². The fourth-order valence-electron chi connectivity index (χ4n) is 2.67. The maximum atomic E-state index is 12.5. The van der Waals surface area contributed by atoms with Crippen LogP contribution in [-0.2, 0) is 9.53 Å². The Morgan fingerprint density at radius 1 is 1.07 bits per heavy atom. The Bertz CT molecular complexity index is 822. The highest BCUT2D eigenvalue weighted by Gasteiger charge is 2.42. The van der Waals surface area contributed by atoms with Crippen molar-refractivity contribution in [2.45, 2.75) is 18.4 Å².